The normalized spacial score (nSPS) is 18.2. The molecule has 1 unspecified atom stereocenters. The van der Waals surface area contributed by atoms with Crippen LogP contribution in [0.15, 0.2) is 42.6 Å². The number of aromatic nitrogens is 1. The molecule has 2 aliphatic rings. The molecule has 0 radical (unpaired) electrons. The van der Waals surface area contributed by atoms with E-state index in [1.165, 1.54) is 7.11 Å². The highest BCUT2D eigenvalue weighted by atomic mass is 16.5. The fourth-order valence-corrected chi connectivity index (χ4v) is 3.49. The number of hydrogen-bond donors (Lipinski definition) is 1. The number of rotatable bonds is 4. The van der Waals surface area contributed by atoms with Gasteiger partial charge in [0.25, 0.3) is 0 Å². The molecule has 1 atom stereocenters. The lowest BCUT2D eigenvalue weighted by atomic mass is 10.00. The predicted octanol–water partition coefficient (Wildman–Crippen LogP) is 1.83. The van der Waals surface area contributed by atoms with E-state index in [0.717, 1.165) is 35.5 Å². The summed E-state index contributed by atoms with van der Waals surface area (Å²) < 4.78 is 4.65. The second-order valence-corrected chi connectivity index (χ2v) is 6.60. The Morgan fingerprint density at radius 1 is 1.32 bits per heavy atom. The highest BCUT2D eigenvalue weighted by molar-refractivity contribution is 6.13. The molecule has 0 bridgehead atoms. The molecule has 0 saturated heterocycles. The van der Waals surface area contributed by atoms with Crippen LogP contribution in [0.1, 0.15) is 24.0 Å². The van der Waals surface area contributed by atoms with E-state index in [-0.39, 0.29) is 11.3 Å². The highest BCUT2D eigenvalue weighted by Gasteiger charge is 2.60. The second-order valence-electron chi connectivity index (χ2n) is 6.60. The van der Waals surface area contributed by atoms with Gasteiger partial charge in [0.2, 0.25) is 5.91 Å². The number of anilines is 2. The molecule has 1 fully saturated rings. The number of methoxy groups -OCH3 is 1. The topological polar surface area (TPSA) is 85.5 Å². The molecule has 1 aromatic heterocycles. The molecule has 1 amide bonds. The molecule has 4 rings (SSSR count). The summed E-state index contributed by atoms with van der Waals surface area (Å²) in [6, 6.07) is 10.7. The van der Waals surface area contributed by atoms with E-state index in [1.54, 1.807) is 11.1 Å². The average Bonchev–Trinajstić information content (AvgIpc) is 3.40. The van der Waals surface area contributed by atoms with Gasteiger partial charge in [-0.05, 0) is 43.0 Å². The molecular weight excluding hydrogens is 318 g/mol. The Morgan fingerprint density at radius 2 is 2.04 bits per heavy atom. The molecule has 6 nitrogen and oxygen atoms in total. The van der Waals surface area contributed by atoms with Gasteiger partial charge in [-0.15, -0.1) is 0 Å². The van der Waals surface area contributed by atoms with Crippen molar-refractivity contribution in [3.8, 4) is 0 Å². The quantitative estimate of drug-likeness (QED) is 0.860. The van der Waals surface area contributed by atoms with Gasteiger partial charge in [0.1, 0.15) is 11.9 Å². The second kappa shape index (κ2) is 5.67. The van der Waals surface area contributed by atoms with Crippen LogP contribution in [0.25, 0.3) is 0 Å². The first-order valence-electron chi connectivity index (χ1n) is 8.29. The maximum Gasteiger partial charge on any atom is 0.322 e. The lowest BCUT2D eigenvalue weighted by molar-refractivity contribution is -0.142. The SMILES string of the molecule is COC(=O)C(N)Cc1ccc(N2C(=O)C3(CC3)c3cccnc32)cc1. The van der Waals surface area contributed by atoms with Crippen molar-refractivity contribution >= 4 is 23.4 Å². The minimum atomic E-state index is -0.693. The Balaban J connectivity index is 1.61. The maximum atomic E-state index is 12.9. The van der Waals surface area contributed by atoms with Crippen molar-refractivity contribution < 1.29 is 14.3 Å². The number of benzene rings is 1. The van der Waals surface area contributed by atoms with Crippen LogP contribution in [-0.2, 0) is 26.2 Å². The van der Waals surface area contributed by atoms with Crippen molar-refractivity contribution in [1.82, 2.24) is 4.98 Å². The summed E-state index contributed by atoms with van der Waals surface area (Å²) in [4.78, 5) is 30.5. The Labute approximate surface area is 145 Å². The minimum Gasteiger partial charge on any atom is -0.468 e. The zero-order chi connectivity index (χ0) is 17.6. The molecule has 6 heteroatoms. The van der Waals surface area contributed by atoms with E-state index in [4.69, 9.17) is 5.73 Å². The van der Waals surface area contributed by atoms with E-state index < -0.39 is 12.0 Å². The van der Waals surface area contributed by atoms with E-state index in [0.29, 0.717) is 6.42 Å². The molecule has 2 heterocycles. The van der Waals surface area contributed by atoms with Crippen molar-refractivity contribution in [2.24, 2.45) is 5.73 Å². The first-order valence-corrected chi connectivity index (χ1v) is 8.29. The number of carbonyl (C=O) groups is 2. The standard InChI is InChI=1S/C19H19N3O3/c1-25-17(23)15(20)11-12-4-6-13(7-5-12)22-16-14(3-2-10-21-16)19(8-9-19)18(22)24/h2-7,10,15H,8-9,11,20H2,1H3. The van der Waals surface area contributed by atoms with Crippen molar-refractivity contribution in [2.45, 2.75) is 30.7 Å². The lowest BCUT2D eigenvalue weighted by Gasteiger charge is -2.18. The van der Waals surface area contributed by atoms with Gasteiger partial charge < -0.3 is 10.5 Å². The van der Waals surface area contributed by atoms with Crippen LogP contribution < -0.4 is 10.6 Å². The predicted molar refractivity (Wildman–Crippen MR) is 92.4 cm³/mol. The molecule has 2 aromatic rings. The maximum absolute atomic E-state index is 12.9. The van der Waals surface area contributed by atoms with E-state index >= 15 is 0 Å². The molecule has 1 spiro atoms. The van der Waals surface area contributed by atoms with Gasteiger partial charge in [0, 0.05) is 11.8 Å². The average molecular weight is 337 g/mol. The van der Waals surface area contributed by atoms with Crippen molar-refractivity contribution in [3.63, 3.8) is 0 Å². The summed E-state index contributed by atoms with van der Waals surface area (Å²) in [5.74, 6) is 0.386. The van der Waals surface area contributed by atoms with Gasteiger partial charge in [0.05, 0.1) is 18.2 Å². The van der Waals surface area contributed by atoms with E-state index in [9.17, 15) is 9.59 Å². The van der Waals surface area contributed by atoms with Gasteiger partial charge in [-0.2, -0.15) is 0 Å². The number of esters is 1. The van der Waals surface area contributed by atoms with Gasteiger partial charge in [-0.1, -0.05) is 18.2 Å². The summed E-state index contributed by atoms with van der Waals surface area (Å²) >= 11 is 0. The number of nitrogens with zero attached hydrogens (tertiary/aromatic N) is 2. The zero-order valence-electron chi connectivity index (χ0n) is 13.9. The first kappa shape index (κ1) is 15.8. The summed E-state index contributed by atoms with van der Waals surface area (Å²) in [6.45, 7) is 0. The Morgan fingerprint density at radius 3 is 2.68 bits per heavy atom. The molecule has 2 N–H and O–H groups in total. The van der Waals surface area contributed by atoms with Crippen LogP contribution in [-0.4, -0.2) is 30.0 Å². The van der Waals surface area contributed by atoms with Crippen molar-refractivity contribution in [2.75, 3.05) is 12.0 Å². The fourth-order valence-electron chi connectivity index (χ4n) is 3.49. The molecule has 1 aliphatic carbocycles. The van der Waals surface area contributed by atoms with Gasteiger partial charge in [0.15, 0.2) is 0 Å². The molecule has 1 aliphatic heterocycles. The smallest absolute Gasteiger partial charge is 0.322 e. The number of pyridine rings is 1. The number of carbonyl (C=O) groups excluding carboxylic acids is 2. The van der Waals surface area contributed by atoms with Crippen LogP contribution in [0.3, 0.4) is 0 Å². The summed E-state index contributed by atoms with van der Waals surface area (Å²) in [5.41, 5.74) is 8.15. The number of amides is 1. The summed E-state index contributed by atoms with van der Waals surface area (Å²) in [5, 5.41) is 0. The number of hydrogen-bond acceptors (Lipinski definition) is 5. The third-order valence-electron chi connectivity index (χ3n) is 5.03. The van der Waals surface area contributed by atoms with E-state index in [1.807, 2.05) is 36.4 Å². The minimum absolute atomic E-state index is 0.0974. The third kappa shape index (κ3) is 2.41. The third-order valence-corrected chi connectivity index (χ3v) is 5.03. The highest BCUT2D eigenvalue weighted by Crippen LogP contribution is 2.58. The number of nitrogens with two attached hydrogens (primary N) is 1. The Hall–Kier alpha value is -2.73. The van der Waals surface area contributed by atoms with Crippen molar-refractivity contribution in [1.29, 1.82) is 0 Å². The molecule has 1 saturated carbocycles. The monoisotopic (exact) mass is 337 g/mol. The Bertz CT molecular complexity index is 843. The van der Waals surface area contributed by atoms with Gasteiger partial charge >= 0.3 is 5.97 Å². The lowest BCUT2D eigenvalue weighted by Crippen LogP contribution is -2.33. The van der Waals surface area contributed by atoms with Crippen LogP contribution in [0.5, 0.6) is 0 Å². The molecule has 25 heavy (non-hydrogen) atoms. The van der Waals surface area contributed by atoms with Crippen LogP contribution >= 0.6 is 0 Å². The molecular formula is C19H19N3O3. The Kier molecular flexibility index (Phi) is 3.58. The van der Waals surface area contributed by atoms with Gasteiger partial charge in [-0.3, -0.25) is 14.5 Å². The number of fused-ring (bicyclic) bond motifs is 2. The summed E-state index contributed by atoms with van der Waals surface area (Å²) in [7, 11) is 1.32. The van der Waals surface area contributed by atoms with Crippen LogP contribution in [0.2, 0.25) is 0 Å². The van der Waals surface area contributed by atoms with Crippen LogP contribution in [0.4, 0.5) is 11.5 Å². The van der Waals surface area contributed by atoms with E-state index in [2.05, 4.69) is 9.72 Å². The molecule has 128 valence electrons. The van der Waals surface area contributed by atoms with Crippen LogP contribution in [0, 0.1) is 0 Å². The van der Waals surface area contributed by atoms with Crippen molar-refractivity contribution in [3.05, 3.63) is 53.7 Å². The molecule has 1 aromatic carbocycles. The zero-order valence-corrected chi connectivity index (χ0v) is 13.9. The fraction of sp³-hybridized carbons (Fsp3) is 0.316. The first-order chi connectivity index (χ1) is 12.1. The number of ether oxygens (including phenoxy) is 1. The summed E-state index contributed by atoms with van der Waals surface area (Å²) in [6.07, 6.45) is 3.87. The van der Waals surface area contributed by atoms with Gasteiger partial charge in [-0.25, -0.2) is 4.98 Å². The largest absolute Gasteiger partial charge is 0.468 e.